The summed E-state index contributed by atoms with van der Waals surface area (Å²) < 4.78 is 29.7. The van der Waals surface area contributed by atoms with E-state index in [4.69, 9.17) is 0 Å². The van der Waals surface area contributed by atoms with E-state index in [0.29, 0.717) is 55.2 Å². The van der Waals surface area contributed by atoms with Gasteiger partial charge in [-0.15, -0.1) is 0 Å². The average molecular weight is 428 g/mol. The Morgan fingerprint density at radius 3 is 2.87 bits per heavy atom. The maximum Gasteiger partial charge on any atom is 0.322 e. The van der Waals surface area contributed by atoms with Gasteiger partial charge in [0.2, 0.25) is 0 Å². The van der Waals surface area contributed by atoms with Crippen LogP contribution in [0.1, 0.15) is 30.9 Å². The molecule has 0 saturated carbocycles. The molecule has 0 spiro atoms. The van der Waals surface area contributed by atoms with Gasteiger partial charge in [0, 0.05) is 31.4 Å². The third-order valence-electron chi connectivity index (χ3n) is 5.91. The van der Waals surface area contributed by atoms with Crippen LogP contribution in [-0.2, 0) is 0 Å². The smallest absolute Gasteiger partial charge is 0.322 e. The number of nitrogens with one attached hydrogen (secondary N) is 1. The maximum absolute atomic E-state index is 14.4. The van der Waals surface area contributed by atoms with Crippen LogP contribution in [0.2, 0.25) is 0 Å². The molecule has 0 radical (unpaired) electrons. The van der Waals surface area contributed by atoms with E-state index in [-0.39, 0.29) is 12.1 Å². The van der Waals surface area contributed by atoms with Gasteiger partial charge >= 0.3 is 6.03 Å². The van der Waals surface area contributed by atoms with E-state index in [2.05, 4.69) is 15.4 Å². The molecule has 31 heavy (non-hydrogen) atoms. The Hall–Kier alpha value is -3.27. The maximum atomic E-state index is 14.4. The number of carbonyl (C=O) groups is 1. The molecule has 1 aromatic carbocycles. The molecule has 2 amide bonds. The molecule has 4 heterocycles. The monoisotopic (exact) mass is 428 g/mol. The molecule has 2 aromatic heterocycles. The predicted molar refractivity (Wildman–Crippen MR) is 110 cm³/mol. The van der Waals surface area contributed by atoms with E-state index in [1.54, 1.807) is 21.7 Å². The number of halogens is 2. The molecule has 2 atom stereocenters. The normalized spacial score (nSPS) is 21.3. The summed E-state index contributed by atoms with van der Waals surface area (Å²) in [6.07, 6.45) is 4.81. The van der Waals surface area contributed by atoms with Crippen LogP contribution < -0.4 is 10.2 Å². The Labute approximate surface area is 177 Å². The number of β-amino-alcohol motifs (C(OH)–C–C–N with tert-alkyl or cyclic N) is 1. The molecule has 5 rings (SSSR count). The van der Waals surface area contributed by atoms with Gasteiger partial charge in [-0.2, -0.15) is 5.10 Å². The number of carbonyl (C=O) groups excluding carboxylic acids is 1. The van der Waals surface area contributed by atoms with Crippen LogP contribution in [0.5, 0.6) is 0 Å². The lowest BCUT2D eigenvalue weighted by atomic mass is 10.0. The number of benzene rings is 1. The zero-order valence-corrected chi connectivity index (χ0v) is 16.7. The van der Waals surface area contributed by atoms with Crippen LogP contribution in [0.15, 0.2) is 36.7 Å². The van der Waals surface area contributed by atoms with Crippen molar-refractivity contribution in [1.82, 2.24) is 19.5 Å². The molecule has 2 aliphatic rings. The molecule has 8 nitrogen and oxygen atoms in total. The summed E-state index contributed by atoms with van der Waals surface area (Å²) in [5.74, 6) is -0.310. The lowest BCUT2D eigenvalue weighted by molar-refractivity contribution is 0.176. The largest absolute Gasteiger partial charge is 0.391 e. The van der Waals surface area contributed by atoms with Crippen LogP contribution in [0, 0.1) is 11.6 Å². The highest BCUT2D eigenvalue weighted by molar-refractivity contribution is 5.93. The molecule has 2 aliphatic heterocycles. The van der Waals surface area contributed by atoms with E-state index < -0.39 is 17.7 Å². The number of amides is 2. The van der Waals surface area contributed by atoms with E-state index >= 15 is 0 Å². The van der Waals surface area contributed by atoms with Crippen molar-refractivity contribution in [2.75, 3.05) is 29.9 Å². The Balaban J connectivity index is 1.43. The number of likely N-dealkylation sites (tertiary alicyclic amines) is 1. The molecule has 3 aromatic rings. The van der Waals surface area contributed by atoms with Gasteiger partial charge < -0.3 is 20.2 Å². The minimum absolute atomic E-state index is 0.290. The molecule has 10 heteroatoms. The number of fused-ring (bicyclic) bond motifs is 1. The summed E-state index contributed by atoms with van der Waals surface area (Å²) in [4.78, 5) is 20.7. The van der Waals surface area contributed by atoms with Gasteiger partial charge in [-0.25, -0.2) is 23.1 Å². The highest BCUT2D eigenvalue weighted by atomic mass is 19.1. The number of nitrogens with zero attached hydrogens (tertiary/aromatic N) is 5. The third kappa shape index (κ3) is 3.67. The summed E-state index contributed by atoms with van der Waals surface area (Å²) in [5.41, 5.74) is 1.21. The van der Waals surface area contributed by atoms with Crippen LogP contribution in [0.4, 0.5) is 25.1 Å². The van der Waals surface area contributed by atoms with Gasteiger partial charge in [0.05, 0.1) is 18.3 Å². The minimum Gasteiger partial charge on any atom is -0.391 e. The molecular formula is C21H22F2N6O2. The fourth-order valence-electron chi connectivity index (χ4n) is 4.36. The van der Waals surface area contributed by atoms with Gasteiger partial charge in [0.25, 0.3) is 0 Å². The second-order valence-corrected chi connectivity index (χ2v) is 7.95. The second-order valence-electron chi connectivity index (χ2n) is 7.95. The van der Waals surface area contributed by atoms with Crippen molar-refractivity contribution in [3.8, 4) is 0 Å². The van der Waals surface area contributed by atoms with Crippen LogP contribution in [0.3, 0.4) is 0 Å². The molecule has 0 unspecified atom stereocenters. The van der Waals surface area contributed by atoms with E-state index in [1.807, 2.05) is 4.90 Å². The first-order chi connectivity index (χ1) is 15.0. The number of rotatable bonds is 3. The Morgan fingerprint density at radius 1 is 1.19 bits per heavy atom. The lowest BCUT2D eigenvalue weighted by Gasteiger charge is -2.26. The Morgan fingerprint density at radius 2 is 2.06 bits per heavy atom. The highest BCUT2D eigenvalue weighted by Gasteiger charge is 2.30. The fourth-order valence-corrected chi connectivity index (χ4v) is 4.36. The van der Waals surface area contributed by atoms with E-state index in [1.165, 1.54) is 12.3 Å². The molecular weight excluding hydrogens is 406 g/mol. The zero-order valence-electron chi connectivity index (χ0n) is 16.7. The number of aromatic nitrogens is 3. The zero-order chi connectivity index (χ0) is 21.5. The van der Waals surface area contributed by atoms with Crippen molar-refractivity contribution in [3.63, 3.8) is 0 Å². The quantitative estimate of drug-likeness (QED) is 0.670. The summed E-state index contributed by atoms with van der Waals surface area (Å²) in [6.45, 7) is 1.43. The topological polar surface area (TPSA) is 86.0 Å². The first-order valence-corrected chi connectivity index (χ1v) is 10.3. The molecule has 162 valence electrons. The van der Waals surface area contributed by atoms with Crippen molar-refractivity contribution < 1.29 is 18.7 Å². The summed E-state index contributed by atoms with van der Waals surface area (Å²) in [6, 6.07) is 4.64. The number of hydrogen-bond acceptors (Lipinski definition) is 5. The van der Waals surface area contributed by atoms with Gasteiger partial charge in [0.15, 0.2) is 5.65 Å². The number of anilines is 2. The van der Waals surface area contributed by atoms with Gasteiger partial charge in [-0.3, -0.25) is 0 Å². The average Bonchev–Trinajstić information content (AvgIpc) is 3.49. The van der Waals surface area contributed by atoms with Crippen LogP contribution in [0.25, 0.3) is 5.65 Å². The molecule has 0 aliphatic carbocycles. The SMILES string of the molecule is O=C(Nc1cnn2ccc(N3CCC[C@H]3c3cc(F)ccc3F)nc12)N1CC[C@H](O)C1. The summed E-state index contributed by atoms with van der Waals surface area (Å²) >= 11 is 0. The van der Waals surface area contributed by atoms with E-state index in [9.17, 15) is 18.7 Å². The third-order valence-corrected chi connectivity index (χ3v) is 5.91. The first-order valence-electron chi connectivity index (χ1n) is 10.3. The molecule has 2 N–H and O–H groups in total. The molecule has 0 bridgehead atoms. The summed E-state index contributed by atoms with van der Waals surface area (Å²) in [7, 11) is 0. The van der Waals surface area contributed by atoms with Gasteiger partial charge in [0.1, 0.15) is 23.1 Å². The Bertz CT molecular complexity index is 1140. The van der Waals surface area contributed by atoms with Crippen molar-refractivity contribution in [2.45, 2.75) is 31.4 Å². The number of aliphatic hydroxyl groups excluding tert-OH is 1. The van der Waals surface area contributed by atoms with Crippen LogP contribution >= 0.6 is 0 Å². The summed E-state index contributed by atoms with van der Waals surface area (Å²) in [5, 5.41) is 16.7. The predicted octanol–water partition coefficient (Wildman–Crippen LogP) is 2.95. The van der Waals surface area contributed by atoms with Crippen molar-refractivity contribution >= 4 is 23.2 Å². The standard InChI is InChI=1S/C21H22F2N6O2/c22-13-3-4-16(23)15(10-13)18-2-1-7-28(18)19-6-9-29-20(26-19)17(11-24-29)25-21(31)27-8-5-14(30)12-27/h3-4,6,9-11,14,18,30H,1-2,5,7-8,12H2,(H,25,31)/t14-,18-/m0/s1. The molecule has 2 fully saturated rings. The van der Waals surface area contributed by atoms with Gasteiger partial charge in [-0.1, -0.05) is 0 Å². The second kappa shape index (κ2) is 7.77. The van der Waals surface area contributed by atoms with E-state index in [0.717, 1.165) is 18.6 Å². The fraction of sp³-hybridized carbons (Fsp3) is 0.381. The Kier molecular flexibility index (Phi) is 4.93. The van der Waals surface area contributed by atoms with Crippen LogP contribution in [-0.4, -0.2) is 56.4 Å². The van der Waals surface area contributed by atoms with Gasteiger partial charge in [-0.05, 0) is 43.5 Å². The van der Waals surface area contributed by atoms with Crippen molar-refractivity contribution in [3.05, 3.63) is 53.9 Å². The van der Waals surface area contributed by atoms with Crippen molar-refractivity contribution in [1.29, 1.82) is 0 Å². The minimum atomic E-state index is -0.505. The number of urea groups is 1. The number of aliphatic hydroxyl groups is 1. The highest BCUT2D eigenvalue weighted by Crippen LogP contribution is 2.37. The van der Waals surface area contributed by atoms with Crippen molar-refractivity contribution in [2.24, 2.45) is 0 Å². The number of hydrogen-bond donors (Lipinski definition) is 2. The lowest BCUT2D eigenvalue weighted by Crippen LogP contribution is -2.33. The molecule has 2 saturated heterocycles. The first kappa shape index (κ1) is 19.7.